The molecule has 2 fully saturated rings. The SMILES string of the molecule is CC(C)(c1cccc(C(F)(F)F)c1)C1CCN(C(=O)C2(C(F)(F)F)CC2)CC1. The van der Waals surface area contributed by atoms with Crippen molar-refractivity contribution in [2.75, 3.05) is 13.1 Å². The summed E-state index contributed by atoms with van der Waals surface area (Å²) >= 11 is 0. The van der Waals surface area contributed by atoms with Gasteiger partial charge >= 0.3 is 12.4 Å². The second kappa shape index (κ2) is 6.66. The van der Waals surface area contributed by atoms with Crippen LogP contribution in [0.3, 0.4) is 0 Å². The number of rotatable bonds is 3. The molecular weight excluding hydrogens is 384 g/mol. The lowest BCUT2D eigenvalue weighted by Crippen LogP contribution is -2.49. The highest BCUT2D eigenvalue weighted by Gasteiger charge is 2.69. The van der Waals surface area contributed by atoms with Gasteiger partial charge in [0.1, 0.15) is 5.41 Å². The molecule has 1 aliphatic heterocycles. The first-order valence-electron chi connectivity index (χ1n) is 9.33. The van der Waals surface area contributed by atoms with Crippen LogP contribution in [-0.2, 0) is 16.4 Å². The molecule has 0 aromatic heterocycles. The summed E-state index contributed by atoms with van der Waals surface area (Å²) in [6, 6.07) is 5.18. The zero-order valence-electron chi connectivity index (χ0n) is 15.8. The van der Waals surface area contributed by atoms with Gasteiger partial charge in [-0.25, -0.2) is 0 Å². The Balaban J connectivity index is 1.70. The number of hydrogen-bond acceptors (Lipinski definition) is 1. The molecule has 0 N–H and O–H groups in total. The summed E-state index contributed by atoms with van der Waals surface area (Å²) in [4.78, 5) is 13.7. The van der Waals surface area contributed by atoms with Gasteiger partial charge in [0.2, 0.25) is 5.91 Å². The number of carbonyl (C=O) groups is 1. The quantitative estimate of drug-likeness (QED) is 0.601. The Kier molecular flexibility index (Phi) is 4.99. The number of benzene rings is 1. The molecule has 0 unspecified atom stereocenters. The van der Waals surface area contributed by atoms with Crippen LogP contribution in [0.5, 0.6) is 0 Å². The van der Waals surface area contributed by atoms with E-state index in [2.05, 4.69) is 0 Å². The predicted octanol–water partition coefficient (Wildman–Crippen LogP) is 5.56. The van der Waals surface area contributed by atoms with Crippen LogP contribution < -0.4 is 0 Å². The standard InChI is InChI=1S/C20H23F6NO/c1-17(2,14-4-3-5-15(12-14)19(21,22)23)13-6-10-27(11-7-13)16(28)18(8-9-18)20(24,25)26/h3-5,12-13H,6-11H2,1-2H3. The topological polar surface area (TPSA) is 20.3 Å². The van der Waals surface area contributed by atoms with Crippen molar-refractivity contribution < 1.29 is 31.1 Å². The van der Waals surface area contributed by atoms with E-state index >= 15 is 0 Å². The second-order valence-electron chi connectivity index (χ2n) is 8.45. The molecule has 1 heterocycles. The molecular formula is C20H23F6NO. The first-order valence-corrected chi connectivity index (χ1v) is 9.33. The maximum absolute atomic E-state index is 13.2. The molecule has 1 saturated heterocycles. The maximum atomic E-state index is 13.2. The summed E-state index contributed by atoms with van der Waals surface area (Å²) in [7, 11) is 0. The Labute approximate surface area is 159 Å². The van der Waals surface area contributed by atoms with Crippen molar-refractivity contribution in [3.63, 3.8) is 0 Å². The first-order chi connectivity index (χ1) is 12.8. The molecule has 0 spiro atoms. The van der Waals surface area contributed by atoms with Gasteiger partial charge in [-0.05, 0) is 48.6 Å². The van der Waals surface area contributed by atoms with E-state index < -0.39 is 34.7 Å². The summed E-state index contributed by atoms with van der Waals surface area (Å²) in [5.74, 6) is -0.878. The second-order valence-corrected chi connectivity index (χ2v) is 8.45. The average Bonchev–Trinajstić information content (AvgIpc) is 3.42. The number of likely N-dealkylation sites (tertiary alicyclic amines) is 1. The third-order valence-corrected chi connectivity index (χ3v) is 6.44. The van der Waals surface area contributed by atoms with Crippen molar-refractivity contribution in [1.29, 1.82) is 0 Å². The molecule has 0 radical (unpaired) electrons. The molecule has 2 nitrogen and oxygen atoms in total. The van der Waals surface area contributed by atoms with Crippen molar-refractivity contribution in [3.05, 3.63) is 35.4 Å². The van der Waals surface area contributed by atoms with Crippen LogP contribution in [0.2, 0.25) is 0 Å². The number of alkyl halides is 6. The van der Waals surface area contributed by atoms with Crippen molar-refractivity contribution in [1.82, 2.24) is 4.90 Å². The lowest BCUT2D eigenvalue weighted by atomic mass is 9.69. The Morgan fingerprint density at radius 1 is 1.00 bits per heavy atom. The van der Waals surface area contributed by atoms with Gasteiger partial charge in [0.25, 0.3) is 0 Å². The van der Waals surface area contributed by atoms with Crippen molar-refractivity contribution >= 4 is 5.91 Å². The summed E-state index contributed by atoms with van der Waals surface area (Å²) in [6.45, 7) is 4.10. The van der Waals surface area contributed by atoms with E-state index in [1.54, 1.807) is 6.07 Å². The highest BCUT2D eigenvalue weighted by atomic mass is 19.4. The van der Waals surface area contributed by atoms with Crippen LogP contribution >= 0.6 is 0 Å². The van der Waals surface area contributed by atoms with E-state index in [1.165, 1.54) is 11.0 Å². The average molecular weight is 407 g/mol. The minimum Gasteiger partial charge on any atom is -0.342 e. The number of piperidine rings is 1. The van der Waals surface area contributed by atoms with Gasteiger partial charge in [-0.1, -0.05) is 32.0 Å². The molecule has 2 aliphatic rings. The van der Waals surface area contributed by atoms with Crippen LogP contribution in [0.4, 0.5) is 26.3 Å². The van der Waals surface area contributed by atoms with Crippen molar-refractivity contribution in [3.8, 4) is 0 Å². The van der Waals surface area contributed by atoms with Gasteiger partial charge in [0.05, 0.1) is 5.56 Å². The minimum atomic E-state index is -4.53. The number of carbonyl (C=O) groups excluding carboxylic acids is 1. The Bertz CT molecular complexity index is 740. The summed E-state index contributed by atoms with van der Waals surface area (Å²) in [6.07, 6.45) is -8.36. The Morgan fingerprint density at radius 3 is 2.00 bits per heavy atom. The van der Waals surface area contributed by atoms with Crippen molar-refractivity contribution in [2.24, 2.45) is 11.3 Å². The molecule has 1 saturated carbocycles. The molecule has 28 heavy (non-hydrogen) atoms. The molecule has 3 rings (SSSR count). The third kappa shape index (κ3) is 3.62. The molecule has 1 aromatic rings. The zero-order valence-corrected chi connectivity index (χ0v) is 15.8. The maximum Gasteiger partial charge on any atom is 0.416 e. The van der Waals surface area contributed by atoms with Crippen LogP contribution in [0, 0.1) is 11.3 Å². The van der Waals surface area contributed by atoms with Gasteiger partial charge in [0, 0.05) is 13.1 Å². The lowest BCUT2D eigenvalue weighted by molar-refractivity contribution is -0.199. The number of halogens is 6. The van der Waals surface area contributed by atoms with E-state index in [0.717, 1.165) is 12.1 Å². The normalized spacial score (nSPS) is 20.9. The van der Waals surface area contributed by atoms with Crippen LogP contribution in [0.1, 0.15) is 50.7 Å². The first kappa shape index (κ1) is 21.0. The van der Waals surface area contributed by atoms with Gasteiger partial charge in [-0.2, -0.15) is 26.3 Å². The largest absolute Gasteiger partial charge is 0.416 e. The molecule has 0 bridgehead atoms. The molecule has 1 aliphatic carbocycles. The fourth-order valence-corrected chi connectivity index (χ4v) is 4.18. The van der Waals surface area contributed by atoms with Crippen LogP contribution in [0.15, 0.2) is 24.3 Å². The third-order valence-electron chi connectivity index (χ3n) is 6.44. The molecule has 0 atom stereocenters. The van der Waals surface area contributed by atoms with E-state index in [0.29, 0.717) is 18.4 Å². The summed E-state index contributed by atoms with van der Waals surface area (Å²) < 4.78 is 78.6. The van der Waals surface area contributed by atoms with Crippen LogP contribution in [-0.4, -0.2) is 30.1 Å². The highest BCUT2D eigenvalue weighted by molar-refractivity contribution is 5.86. The van der Waals surface area contributed by atoms with E-state index in [1.807, 2.05) is 13.8 Å². The van der Waals surface area contributed by atoms with E-state index in [9.17, 15) is 31.1 Å². The van der Waals surface area contributed by atoms with Crippen molar-refractivity contribution in [2.45, 2.75) is 57.3 Å². The van der Waals surface area contributed by atoms with Gasteiger partial charge < -0.3 is 4.90 Å². The minimum absolute atomic E-state index is 0.0268. The van der Waals surface area contributed by atoms with Crippen LogP contribution in [0.25, 0.3) is 0 Å². The zero-order chi connectivity index (χ0) is 21.0. The summed E-state index contributed by atoms with van der Waals surface area (Å²) in [5, 5.41) is 0. The number of hydrogen-bond donors (Lipinski definition) is 0. The van der Waals surface area contributed by atoms with Gasteiger partial charge in [-0.3, -0.25) is 4.79 Å². The molecule has 8 heteroatoms. The monoisotopic (exact) mass is 407 g/mol. The van der Waals surface area contributed by atoms with E-state index in [4.69, 9.17) is 0 Å². The van der Waals surface area contributed by atoms with Gasteiger partial charge in [-0.15, -0.1) is 0 Å². The van der Waals surface area contributed by atoms with E-state index in [-0.39, 0.29) is 31.8 Å². The fraction of sp³-hybridized carbons (Fsp3) is 0.650. The number of amides is 1. The molecule has 156 valence electrons. The smallest absolute Gasteiger partial charge is 0.342 e. The highest BCUT2D eigenvalue weighted by Crippen LogP contribution is 2.59. The Hall–Kier alpha value is -1.73. The summed E-state index contributed by atoms with van der Waals surface area (Å²) in [5.41, 5.74) is -2.97. The molecule has 1 amide bonds. The fourth-order valence-electron chi connectivity index (χ4n) is 4.18. The Morgan fingerprint density at radius 2 is 1.54 bits per heavy atom. The number of nitrogens with zero attached hydrogens (tertiary/aromatic N) is 1. The molecule has 1 aromatic carbocycles. The predicted molar refractivity (Wildman–Crippen MR) is 91.5 cm³/mol. The lowest BCUT2D eigenvalue weighted by Gasteiger charge is -2.42. The van der Waals surface area contributed by atoms with Gasteiger partial charge in [0.15, 0.2) is 0 Å².